The Kier molecular flexibility index (Phi) is 2.93. The van der Waals surface area contributed by atoms with Gasteiger partial charge in [-0.05, 0) is 42.5 Å². The number of benzene rings is 2. The maximum Gasteiger partial charge on any atom is 0.148 e. The fourth-order valence-corrected chi connectivity index (χ4v) is 1.42. The van der Waals surface area contributed by atoms with E-state index in [4.69, 9.17) is 11.0 Å². The van der Waals surface area contributed by atoms with Gasteiger partial charge in [0.1, 0.15) is 5.82 Å². The molecule has 0 amide bonds. The van der Waals surface area contributed by atoms with Gasteiger partial charge in [0.15, 0.2) is 0 Å². The first-order chi connectivity index (χ1) is 8.19. The third-order valence-corrected chi connectivity index (χ3v) is 2.29. The summed E-state index contributed by atoms with van der Waals surface area (Å²) in [6, 6.07) is 13.2. The predicted octanol–water partition coefficient (Wildman–Crippen LogP) is 3.02. The lowest BCUT2D eigenvalue weighted by molar-refractivity contribution is 0.632. The Labute approximate surface area is 98.3 Å². The van der Waals surface area contributed by atoms with Crippen LogP contribution in [0.2, 0.25) is 0 Å². The third kappa shape index (κ3) is 2.52. The van der Waals surface area contributed by atoms with E-state index in [1.54, 1.807) is 36.4 Å². The zero-order valence-corrected chi connectivity index (χ0v) is 8.94. The lowest BCUT2D eigenvalue weighted by Gasteiger charge is -2.07. The molecule has 0 unspecified atom stereocenters. The summed E-state index contributed by atoms with van der Waals surface area (Å²) in [5, 5.41) is 11.6. The number of nitrogens with zero attached hydrogens (tertiary/aromatic N) is 1. The van der Waals surface area contributed by atoms with Crippen molar-refractivity contribution in [3.63, 3.8) is 0 Å². The summed E-state index contributed by atoms with van der Waals surface area (Å²) in [5.74, 6) is -0.408. The predicted molar refractivity (Wildman–Crippen MR) is 65.3 cm³/mol. The molecule has 84 valence electrons. The minimum absolute atomic E-state index is 0.351. The Morgan fingerprint density at radius 3 is 2.41 bits per heavy atom. The van der Waals surface area contributed by atoms with E-state index in [-0.39, 0.29) is 0 Å². The van der Waals surface area contributed by atoms with E-state index in [0.29, 0.717) is 22.6 Å². The van der Waals surface area contributed by atoms with Crippen LogP contribution in [0.5, 0.6) is 0 Å². The highest BCUT2D eigenvalue weighted by Gasteiger charge is 2.02. The summed E-state index contributed by atoms with van der Waals surface area (Å²) in [7, 11) is 0. The molecule has 0 heterocycles. The molecule has 0 saturated carbocycles. The molecular weight excluding hydrogens is 217 g/mol. The Morgan fingerprint density at radius 2 is 1.82 bits per heavy atom. The second kappa shape index (κ2) is 4.54. The molecule has 2 aromatic rings. The average Bonchev–Trinajstić information content (AvgIpc) is 2.34. The maximum absolute atomic E-state index is 13.5. The van der Waals surface area contributed by atoms with Crippen LogP contribution in [0.1, 0.15) is 5.56 Å². The summed E-state index contributed by atoms with van der Waals surface area (Å²) in [5.41, 5.74) is 7.47. The Bertz CT molecular complexity index is 570. The lowest BCUT2D eigenvalue weighted by Crippen LogP contribution is -1.95. The van der Waals surface area contributed by atoms with Crippen LogP contribution in [0, 0.1) is 17.1 Å². The van der Waals surface area contributed by atoms with Gasteiger partial charge in [-0.15, -0.1) is 0 Å². The molecule has 3 nitrogen and oxygen atoms in total. The number of nitrogens with one attached hydrogen (secondary N) is 1. The molecule has 17 heavy (non-hydrogen) atoms. The maximum atomic E-state index is 13.5. The zero-order chi connectivity index (χ0) is 12.3. The fraction of sp³-hybridized carbons (Fsp3) is 0. The molecule has 0 bridgehead atoms. The molecule has 0 aliphatic heterocycles. The molecular formula is C13H10FN3. The topological polar surface area (TPSA) is 61.8 Å². The molecule has 4 heteroatoms. The van der Waals surface area contributed by atoms with Crippen LogP contribution in [-0.4, -0.2) is 0 Å². The van der Waals surface area contributed by atoms with Gasteiger partial charge in [-0.3, -0.25) is 0 Å². The summed E-state index contributed by atoms with van der Waals surface area (Å²) in [6.07, 6.45) is 0. The van der Waals surface area contributed by atoms with Crippen LogP contribution >= 0.6 is 0 Å². The van der Waals surface area contributed by atoms with Crippen LogP contribution in [0.3, 0.4) is 0 Å². The van der Waals surface area contributed by atoms with Gasteiger partial charge in [0.2, 0.25) is 0 Å². The molecule has 2 aromatic carbocycles. The highest BCUT2D eigenvalue weighted by atomic mass is 19.1. The van der Waals surface area contributed by atoms with Crippen molar-refractivity contribution in [1.82, 2.24) is 0 Å². The van der Waals surface area contributed by atoms with Crippen LogP contribution in [0.25, 0.3) is 0 Å². The van der Waals surface area contributed by atoms with E-state index < -0.39 is 5.82 Å². The van der Waals surface area contributed by atoms with Crippen LogP contribution in [0.4, 0.5) is 21.5 Å². The Hall–Kier alpha value is -2.54. The molecule has 2 rings (SSSR count). The molecule has 0 spiro atoms. The summed E-state index contributed by atoms with van der Waals surface area (Å²) in [6.45, 7) is 0. The molecule has 0 radical (unpaired) electrons. The van der Waals surface area contributed by atoms with Crippen molar-refractivity contribution >= 4 is 17.1 Å². The highest BCUT2D eigenvalue weighted by molar-refractivity contribution is 5.63. The quantitative estimate of drug-likeness (QED) is 0.775. The monoisotopic (exact) mass is 227 g/mol. The summed E-state index contributed by atoms with van der Waals surface area (Å²) in [4.78, 5) is 0. The van der Waals surface area contributed by atoms with Gasteiger partial charge in [-0.1, -0.05) is 0 Å². The summed E-state index contributed by atoms with van der Waals surface area (Å²) < 4.78 is 13.5. The fourth-order valence-electron chi connectivity index (χ4n) is 1.42. The minimum atomic E-state index is -0.408. The van der Waals surface area contributed by atoms with Crippen LogP contribution in [0.15, 0.2) is 42.5 Å². The first kappa shape index (κ1) is 11.0. The number of rotatable bonds is 2. The molecule has 0 aliphatic rings. The van der Waals surface area contributed by atoms with Gasteiger partial charge >= 0.3 is 0 Å². The van der Waals surface area contributed by atoms with Crippen molar-refractivity contribution in [3.05, 3.63) is 53.8 Å². The van der Waals surface area contributed by atoms with E-state index >= 15 is 0 Å². The van der Waals surface area contributed by atoms with E-state index in [1.807, 2.05) is 6.07 Å². The smallest absolute Gasteiger partial charge is 0.148 e. The van der Waals surface area contributed by atoms with Crippen molar-refractivity contribution in [2.75, 3.05) is 11.1 Å². The van der Waals surface area contributed by atoms with Gasteiger partial charge in [-0.25, -0.2) is 4.39 Å². The number of halogens is 1. The van der Waals surface area contributed by atoms with E-state index in [2.05, 4.69) is 5.32 Å². The van der Waals surface area contributed by atoms with Crippen molar-refractivity contribution < 1.29 is 4.39 Å². The second-order valence-electron chi connectivity index (χ2n) is 3.55. The SMILES string of the molecule is N#Cc1ccc(Nc2ccc(N)cc2F)cc1. The van der Waals surface area contributed by atoms with E-state index in [1.165, 1.54) is 6.07 Å². The van der Waals surface area contributed by atoms with Gasteiger partial charge < -0.3 is 11.1 Å². The van der Waals surface area contributed by atoms with Gasteiger partial charge in [0.05, 0.1) is 17.3 Å². The van der Waals surface area contributed by atoms with Crippen molar-refractivity contribution in [2.24, 2.45) is 0 Å². The highest BCUT2D eigenvalue weighted by Crippen LogP contribution is 2.21. The minimum Gasteiger partial charge on any atom is -0.399 e. The van der Waals surface area contributed by atoms with E-state index in [9.17, 15) is 4.39 Å². The number of nitrogens with two attached hydrogens (primary N) is 1. The van der Waals surface area contributed by atoms with Crippen LogP contribution < -0.4 is 11.1 Å². The van der Waals surface area contributed by atoms with Gasteiger partial charge in [-0.2, -0.15) is 5.26 Å². The molecule has 0 saturated heterocycles. The van der Waals surface area contributed by atoms with Gasteiger partial charge in [0.25, 0.3) is 0 Å². The average molecular weight is 227 g/mol. The molecule has 3 N–H and O–H groups in total. The third-order valence-electron chi connectivity index (χ3n) is 2.29. The lowest BCUT2D eigenvalue weighted by atomic mass is 10.2. The Morgan fingerprint density at radius 1 is 1.12 bits per heavy atom. The first-order valence-corrected chi connectivity index (χ1v) is 5.01. The van der Waals surface area contributed by atoms with Crippen LogP contribution in [-0.2, 0) is 0 Å². The molecule has 0 aromatic heterocycles. The number of anilines is 3. The standard InChI is InChI=1S/C13H10FN3/c14-12-7-10(16)3-6-13(12)17-11-4-1-9(8-15)2-5-11/h1-7,17H,16H2. The second-order valence-corrected chi connectivity index (χ2v) is 3.55. The van der Waals surface area contributed by atoms with Crippen molar-refractivity contribution in [2.45, 2.75) is 0 Å². The molecule has 0 fully saturated rings. The number of hydrogen-bond acceptors (Lipinski definition) is 3. The Balaban J connectivity index is 2.23. The number of hydrogen-bond donors (Lipinski definition) is 2. The normalized spacial score (nSPS) is 9.65. The van der Waals surface area contributed by atoms with Crippen molar-refractivity contribution in [3.8, 4) is 6.07 Å². The molecule has 0 aliphatic carbocycles. The number of nitrogen functional groups attached to an aromatic ring is 1. The molecule has 0 atom stereocenters. The van der Waals surface area contributed by atoms with E-state index in [0.717, 1.165) is 0 Å². The van der Waals surface area contributed by atoms with Gasteiger partial charge in [0, 0.05) is 11.4 Å². The first-order valence-electron chi connectivity index (χ1n) is 5.01. The zero-order valence-electron chi connectivity index (χ0n) is 8.94. The number of nitriles is 1. The van der Waals surface area contributed by atoms with Crippen molar-refractivity contribution in [1.29, 1.82) is 5.26 Å². The largest absolute Gasteiger partial charge is 0.399 e. The summed E-state index contributed by atoms with van der Waals surface area (Å²) >= 11 is 0.